The minimum atomic E-state index is 0.696. The topological polar surface area (TPSA) is 15.3 Å². The lowest BCUT2D eigenvalue weighted by molar-refractivity contribution is 0.198. The van der Waals surface area contributed by atoms with Gasteiger partial charge in [0.25, 0.3) is 0 Å². The van der Waals surface area contributed by atoms with E-state index in [-0.39, 0.29) is 0 Å². The zero-order chi connectivity index (χ0) is 11.1. The van der Waals surface area contributed by atoms with E-state index in [0.29, 0.717) is 6.04 Å². The Balaban J connectivity index is 2.27. The van der Waals surface area contributed by atoms with Crippen LogP contribution in [0.25, 0.3) is 0 Å². The average Bonchev–Trinajstić information content (AvgIpc) is 2.21. The fourth-order valence-electron chi connectivity index (χ4n) is 2.27. The van der Waals surface area contributed by atoms with Crippen molar-refractivity contribution in [1.82, 2.24) is 10.2 Å². The number of unbranched alkanes of at least 4 members (excludes halogenated alkanes) is 2. The molecular formula is C13H28N2. The summed E-state index contributed by atoms with van der Waals surface area (Å²) in [6.45, 7) is 12.0. The highest BCUT2D eigenvalue weighted by Gasteiger charge is 2.15. The van der Waals surface area contributed by atoms with Crippen molar-refractivity contribution < 1.29 is 0 Å². The van der Waals surface area contributed by atoms with Gasteiger partial charge in [0.1, 0.15) is 0 Å². The third kappa shape index (κ3) is 5.53. The molecule has 2 heteroatoms. The first-order valence-electron chi connectivity index (χ1n) is 6.68. The van der Waals surface area contributed by atoms with Crippen molar-refractivity contribution in [3.05, 3.63) is 0 Å². The Kier molecular flexibility index (Phi) is 6.26. The second kappa shape index (κ2) is 7.24. The van der Waals surface area contributed by atoms with Gasteiger partial charge in [0, 0.05) is 12.6 Å². The first kappa shape index (κ1) is 13.0. The lowest BCUT2D eigenvalue weighted by atomic mass is 10.1. The van der Waals surface area contributed by atoms with E-state index in [4.69, 9.17) is 0 Å². The van der Waals surface area contributed by atoms with Gasteiger partial charge in [-0.15, -0.1) is 0 Å². The number of rotatable bonds is 4. The molecule has 90 valence electrons. The normalized spacial score (nSPS) is 29.8. The molecule has 0 aliphatic carbocycles. The van der Waals surface area contributed by atoms with E-state index in [1.54, 1.807) is 0 Å². The molecule has 1 heterocycles. The number of hydrogen-bond donors (Lipinski definition) is 1. The third-order valence-electron chi connectivity index (χ3n) is 3.34. The van der Waals surface area contributed by atoms with Gasteiger partial charge in [-0.2, -0.15) is 0 Å². The van der Waals surface area contributed by atoms with Crippen molar-refractivity contribution in [2.45, 2.75) is 52.5 Å². The zero-order valence-corrected chi connectivity index (χ0v) is 10.8. The molecule has 1 saturated heterocycles. The summed E-state index contributed by atoms with van der Waals surface area (Å²) in [5.74, 6) is 0.800. The van der Waals surface area contributed by atoms with Gasteiger partial charge in [-0.1, -0.05) is 26.7 Å². The minimum Gasteiger partial charge on any atom is -0.314 e. The lowest BCUT2D eigenvalue weighted by Gasteiger charge is -2.31. The van der Waals surface area contributed by atoms with Crippen molar-refractivity contribution >= 4 is 0 Å². The van der Waals surface area contributed by atoms with E-state index in [0.717, 1.165) is 5.92 Å². The molecule has 1 fully saturated rings. The van der Waals surface area contributed by atoms with Gasteiger partial charge in [-0.25, -0.2) is 0 Å². The van der Waals surface area contributed by atoms with Crippen molar-refractivity contribution in [3.63, 3.8) is 0 Å². The van der Waals surface area contributed by atoms with Crippen LogP contribution >= 0.6 is 0 Å². The van der Waals surface area contributed by atoms with Gasteiger partial charge < -0.3 is 10.2 Å². The molecule has 2 nitrogen and oxygen atoms in total. The van der Waals surface area contributed by atoms with Crippen molar-refractivity contribution in [2.75, 3.05) is 26.2 Å². The van der Waals surface area contributed by atoms with Gasteiger partial charge in [0.05, 0.1) is 0 Å². The number of nitrogens with zero attached hydrogens (tertiary/aromatic N) is 1. The number of hydrogen-bond acceptors (Lipinski definition) is 2. The summed E-state index contributed by atoms with van der Waals surface area (Å²) in [4.78, 5) is 2.66. The van der Waals surface area contributed by atoms with E-state index in [1.165, 1.54) is 51.9 Å². The molecule has 1 aliphatic rings. The Morgan fingerprint density at radius 1 is 1.27 bits per heavy atom. The summed E-state index contributed by atoms with van der Waals surface area (Å²) in [7, 11) is 0. The molecular weight excluding hydrogens is 184 g/mol. The van der Waals surface area contributed by atoms with E-state index < -0.39 is 0 Å². The quantitative estimate of drug-likeness (QED) is 0.720. The molecule has 0 aromatic rings. The van der Waals surface area contributed by atoms with Gasteiger partial charge in [0.2, 0.25) is 0 Å². The SMILES string of the molecule is CCCCCN1CCC(C)NCC(C)C1. The van der Waals surface area contributed by atoms with Crippen LogP contribution in [0.3, 0.4) is 0 Å². The summed E-state index contributed by atoms with van der Waals surface area (Å²) >= 11 is 0. The molecule has 0 radical (unpaired) electrons. The minimum absolute atomic E-state index is 0.696. The van der Waals surface area contributed by atoms with Crippen LogP contribution in [0, 0.1) is 5.92 Å². The van der Waals surface area contributed by atoms with Crippen LogP contribution in [0.2, 0.25) is 0 Å². The molecule has 1 aliphatic heterocycles. The lowest BCUT2D eigenvalue weighted by Crippen LogP contribution is -2.42. The van der Waals surface area contributed by atoms with E-state index >= 15 is 0 Å². The summed E-state index contributed by atoms with van der Waals surface area (Å²) in [6.07, 6.45) is 5.41. The highest BCUT2D eigenvalue weighted by Crippen LogP contribution is 2.08. The highest BCUT2D eigenvalue weighted by molar-refractivity contribution is 4.73. The maximum atomic E-state index is 3.60. The van der Waals surface area contributed by atoms with Crippen molar-refractivity contribution in [3.8, 4) is 0 Å². The molecule has 0 spiro atoms. The van der Waals surface area contributed by atoms with Crippen LogP contribution in [0.1, 0.15) is 46.5 Å². The van der Waals surface area contributed by atoms with Crippen LogP contribution in [-0.4, -0.2) is 37.1 Å². The fourth-order valence-corrected chi connectivity index (χ4v) is 2.27. The summed E-state index contributed by atoms with van der Waals surface area (Å²) < 4.78 is 0. The van der Waals surface area contributed by atoms with Crippen molar-refractivity contribution in [2.24, 2.45) is 5.92 Å². The fraction of sp³-hybridized carbons (Fsp3) is 1.00. The molecule has 2 unspecified atom stereocenters. The Morgan fingerprint density at radius 3 is 2.80 bits per heavy atom. The predicted molar refractivity (Wildman–Crippen MR) is 67.2 cm³/mol. The van der Waals surface area contributed by atoms with Gasteiger partial charge in [-0.3, -0.25) is 0 Å². The summed E-state index contributed by atoms with van der Waals surface area (Å²) in [5.41, 5.74) is 0. The smallest absolute Gasteiger partial charge is 0.00510 e. The van der Waals surface area contributed by atoms with Gasteiger partial charge >= 0.3 is 0 Å². The van der Waals surface area contributed by atoms with Gasteiger partial charge in [0.15, 0.2) is 0 Å². The second-order valence-corrected chi connectivity index (χ2v) is 5.21. The molecule has 0 saturated carbocycles. The largest absolute Gasteiger partial charge is 0.314 e. The van der Waals surface area contributed by atoms with Crippen molar-refractivity contribution in [1.29, 1.82) is 0 Å². The second-order valence-electron chi connectivity index (χ2n) is 5.21. The first-order valence-corrected chi connectivity index (χ1v) is 6.68. The van der Waals surface area contributed by atoms with Crippen LogP contribution in [0.5, 0.6) is 0 Å². The number of nitrogens with one attached hydrogen (secondary N) is 1. The van der Waals surface area contributed by atoms with E-state index in [9.17, 15) is 0 Å². The van der Waals surface area contributed by atoms with Crippen LogP contribution < -0.4 is 5.32 Å². The molecule has 0 amide bonds. The van der Waals surface area contributed by atoms with E-state index in [1.807, 2.05) is 0 Å². The summed E-state index contributed by atoms with van der Waals surface area (Å²) in [5, 5.41) is 3.60. The third-order valence-corrected chi connectivity index (χ3v) is 3.34. The maximum Gasteiger partial charge on any atom is 0.00510 e. The maximum absolute atomic E-state index is 3.60. The monoisotopic (exact) mass is 212 g/mol. The molecule has 0 bridgehead atoms. The zero-order valence-electron chi connectivity index (χ0n) is 10.8. The molecule has 2 atom stereocenters. The molecule has 1 rings (SSSR count). The van der Waals surface area contributed by atoms with Crippen LogP contribution in [0.15, 0.2) is 0 Å². The molecule has 15 heavy (non-hydrogen) atoms. The van der Waals surface area contributed by atoms with Gasteiger partial charge in [-0.05, 0) is 45.3 Å². The molecule has 0 aromatic carbocycles. The Morgan fingerprint density at radius 2 is 2.07 bits per heavy atom. The predicted octanol–water partition coefficient (Wildman–Crippen LogP) is 2.50. The standard InChI is InChI=1S/C13H28N2/c1-4-5-6-8-15-9-7-13(3)14-10-12(2)11-15/h12-14H,4-11H2,1-3H3. The first-order chi connectivity index (χ1) is 7.22. The Bertz CT molecular complexity index is 159. The van der Waals surface area contributed by atoms with Crippen LogP contribution in [-0.2, 0) is 0 Å². The Hall–Kier alpha value is -0.0800. The highest BCUT2D eigenvalue weighted by atomic mass is 15.1. The Labute approximate surface area is 95.4 Å². The molecule has 0 aromatic heterocycles. The van der Waals surface area contributed by atoms with E-state index in [2.05, 4.69) is 31.0 Å². The average molecular weight is 212 g/mol. The molecule has 1 N–H and O–H groups in total. The summed E-state index contributed by atoms with van der Waals surface area (Å²) in [6, 6.07) is 0.696. The van der Waals surface area contributed by atoms with Crippen LogP contribution in [0.4, 0.5) is 0 Å².